The Morgan fingerprint density at radius 1 is 1.39 bits per heavy atom. The fourth-order valence-electron chi connectivity index (χ4n) is 1.52. The summed E-state index contributed by atoms with van der Waals surface area (Å²) in [5.41, 5.74) is 1.11. The van der Waals surface area contributed by atoms with Crippen LogP contribution in [0.4, 0.5) is 0 Å². The Morgan fingerprint density at radius 2 is 2.17 bits per heavy atom. The maximum absolute atomic E-state index is 11.4. The number of rotatable bonds is 2. The van der Waals surface area contributed by atoms with Gasteiger partial charge in [0.1, 0.15) is 0 Å². The van der Waals surface area contributed by atoms with Crippen molar-refractivity contribution in [2.24, 2.45) is 0 Å². The predicted molar refractivity (Wildman–Crippen MR) is 66.6 cm³/mol. The fraction of sp³-hybridized carbons (Fsp3) is 0.0833. The lowest BCUT2D eigenvalue weighted by molar-refractivity contribution is 0.0601. The van der Waals surface area contributed by atoms with Crippen molar-refractivity contribution >= 4 is 17.6 Å². The predicted octanol–water partition coefficient (Wildman–Crippen LogP) is 1.88. The quantitative estimate of drug-likeness (QED) is 0.841. The van der Waals surface area contributed by atoms with Crippen LogP contribution in [-0.2, 0) is 4.74 Å². The third-order valence-corrected chi connectivity index (χ3v) is 2.64. The number of nitrogens with one attached hydrogen (secondary N) is 1. The number of halogens is 1. The summed E-state index contributed by atoms with van der Waals surface area (Å²) in [6.07, 6.45) is 0. The SMILES string of the molecule is COC(=O)c1cccc(-c2cc(=O)[nH]nc2Cl)c1. The zero-order valence-electron chi connectivity index (χ0n) is 9.44. The molecule has 0 fully saturated rings. The van der Waals surface area contributed by atoms with Crippen LogP contribution >= 0.6 is 11.6 Å². The van der Waals surface area contributed by atoms with Gasteiger partial charge in [0.2, 0.25) is 0 Å². The van der Waals surface area contributed by atoms with Crippen LogP contribution in [0.25, 0.3) is 11.1 Å². The molecule has 1 aromatic carbocycles. The molecular formula is C12H9ClN2O3. The van der Waals surface area contributed by atoms with Crippen molar-refractivity contribution in [1.82, 2.24) is 10.2 Å². The summed E-state index contributed by atoms with van der Waals surface area (Å²) in [5.74, 6) is -0.453. The number of nitrogens with zero attached hydrogens (tertiary/aromatic N) is 1. The molecule has 0 bridgehead atoms. The minimum Gasteiger partial charge on any atom is -0.465 e. The molecule has 0 aliphatic carbocycles. The van der Waals surface area contributed by atoms with E-state index < -0.39 is 5.97 Å². The van der Waals surface area contributed by atoms with Crippen molar-refractivity contribution < 1.29 is 9.53 Å². The maximum atomic E-state index is 11.4. The lowest BCUT2D eigenvalue weighted by Crippen LogP contribution is -2.07. The van der Waals surface area contributed by atoms with Crippen LogP contribution in [0, 0.1) is 0 Å². The first-order chi connectivity index (χ1) is 8.61. The highest BCUT2D eigenvalue weighted by Crippen LogP contribution is 2.24. The van der Waals surface area contributed by atoms with Crippen molar-refractivity contribution in [2.75, 3.05) is 7.11 Å². The van der Waals surface area contributed by atoms with Crippen molar-refractivity contribution in [1.29, 1.82) is 0 Å². The molecule has 0 saturated carbocycles. The molecule has 1 aromatic heterocycles. The number of benzene rings is 1. The van der Waals surface area contributed by atoms with E-state index in [0.29, 0.717) is 16.7 Å². The summed E-state index contributed by atoms with van der Waals surface area (Å²) < 4.78 is 4.63. The Balaban J connectivity index is 2.54. The van der Waals surface area contributed by atoms with E-state index in [9.17, 15) is 9.59 Å². The van der Waals surface area contributed by atoms with E-state index in [2.05, 4.69) is 14.9 Å². The Morgan fingerprint density at radius 3 is 2.89 bits per heavy atom. The van der Waals surface area contributed by atoms with Gasteiger partial charge in [0.15, 0.2) is 5.15 Å². The molecule has 0 unspecified atom stereocenters. The number of carbonyl (C=O) groups excluding carboxylic acids is 1. The Hall–Kier alpha value is -2.14. The first-order valence-electron chi connectivity index (χ1n) is 5.06. The number of methoxy groups -OCH3 is 1. The van der Waals surface area contributed by atoms with Crippen LogP contribution in [0.2, 0.25) is 5.15 Å². The molecule has 18 heavy (non-hydrogen) atoms. The number of aromatic nitrogens is 2. The third kappa shape index (κ3) is 2.41. The monoisotopic (exact) mass is 264 g/mol. The molecule has 92 valence electrons. The molecule has 1 heterocycles. The number of ether oxygens (including phenoxy) is 1. The van der Waals surface area contributed by atoms with Crippen molar-refractivity contribution in [2.45, 2.75) is 0 Å². The van der Waals surface area contributed by atoms with Crippen molar-refractivity contribution in [3.8, 4) is 11.1 Å². The largest absolute Gasteiger partial charge is 0.465 e. The van der Waals surface area contributed by atoms with Gasteiger partial charge in [-0.15, -0.1) is 0 Å². The standard InChI is InChI=1S/C12H9ClN2O3/c1-18-12(17)8-4-2-3-7(5-8)9-6-10(16)14-15-11(9)13/h2-6H,1H3,(H,14,16). The molecule has 0 saturated heterocycles. The average Bonchev–Trinajstić information content (AvgIpc) is 2.40. The van der Waals surface area contributed by atoms with Crippen LogP contribution in [0.3, 0.4) is 0 Å². The number of H-pyrrole nitrogens is 1. The van der Waals surface area contributed by atoms with E-state index in [1.165, 1.54) is 13.2 Å². The van der Waals surface area contributed by atoms with Gasteiger partial charge in [-0.1, -0.05) is 23.7 Å². The van der Waals surface area contributed by atoms with Crippen LogP contribution in [-0.4, -0.2) is 23.3 Å². The fourth-order valence-corrected chi connectivity index (χ4v) is 1.73. The summed E-state index contributed by atoms with van der Waals surface area (Å²) >= 11 is 5.90. The molecule has 0 aliphatic rings. The Kier molecular flexibility index (Phi) is 3.43. The second kappa shape index (κ2) is 5.01. The van der Waals surface area contributed by atoms with Crippen LogP contribution < -0.4 is 5.56 Å². The van der Waals surface area contributed by atoms with Gasteiger partial charge >= 0.3 is 5.97 Å². The zero-order chi connectivity index (χ0) is 13.1. The van der Waals surface area contributed by atoms with E-state index in [1.807, 2.05) is 0 Å². The topological polar surface area (TPSA) is 72.1 Å². The Labute approximate surface area is 107 Å². The zero-order valence-corrected chi connectivity index (χ0v) is 10.2. The highest BCUT2D eigenvalue weighted by atomic mass is 35.5. The van der Waals surface area contributed by atoms with Gasteiger partial charge < -0.3 is 4.74 Å². The van der Waals surface area contributed by atoms with Crippen LogP contribution in [0.5, 0.6) is 0 Å². The average molecular weight is 265 g/mol. The summed E-state index contributed by atoms with van der Waals surface area (Å²) in [6.45, 7) is 0. The molecular weight excluding hydrogens is 256 g/mol. The van der Waals surface area contributed by atoms with E-state index in [-0.39, 0.29) is 10.7 Å². The second-order valence-electron chi connectivity index (χ2n) is 3.51. The maximum Gasteiger partial charge on any atom is 0.337 e. The molecule has 6 heteroatoms. The van der Waals surface area contributed by atoms with E-state index in [4.69, 9.17) is 11.6 Å². The van der Waals surface area contributed by atoms with Gasteiger partial charge in [0.25, 0.3) is 5.56 Å². The highest BCUT2D eigenvalue weighted by molar-refractivity contribution is 6.32. The van der Waals surface area contributed by atoms with E-state index in [1.54, 1.807) is 24.3 Å². The lowest BCUT2D eigenvalue weighted by Gasteiger charge is -2.04. The van der Waals surface area contributed by atoms with Gasteiger partial charge in [-0.2, -0.15) is 5.10 Å². The molecule has 0 atom stereocenters. The third-order valence-electron chi connectivity index (χ3n) is 2.36. The summed E-state index contributed by atoms with van der Waals surface area (Å²) in [5, 5.41) is 6.05. The number of carbonyl (C=O) groups is 1. The van der Waals surface area contributed by atoms with Gasteiger partial charge in [-0.05, 0) is 17.7 Å². The molecule has 2 aromatic rings. The lowest BCUT2D eigenvalue weighted by atomic mass is 10.1. The molecule has 0 amide bonds. The van der Waals surface area contributed by atoms with Crippen molar-refractivity contribution in [3.05, 3.63) is 51.4 Å². The molecule has 5 nitrogen and oxygen atoms in total. The van der Waals surface area contributed by atoms with Crippen LogP contribution in [0.1, 0.15) is 10.4 Å². The van der Waals surface area contributed by atoms with E-state index in [0.717, 1.165) is 0 Å². The van der Waals surface area contributed by atoms with Crippen LogP contribution in [0.15, 0.2) is 35.1 Å². The first-order valence-corrected chi connectivity index (χ1v) is 5.43. The summed E-state index contributed by atoms with van der Waals surface area (Å²) in [6, 6.07) is 7.94. The summed E-state index contributed by atoms with van der Waals surface area (Å²) in [4.78, 5) is 22.6. The normalized spacial score (nSPS) is 10.1. The van der Waals surface area contributed by atoms with Gasteiger partial charge in [-0.3, -0.25) is 4.79 Å². The minimum atomic E-state index is -0.453. The first kappa shape index (κ1) is 12.3. The van der Waals surface area contributed by atoms with Gasteiger partial charge in [0, 0.05) is 11.6 Å². The highest BCUT2D eigenvalue weighted by Gasteiger charge is 2.10. The van der Waals surface area contributed by atoms with E-state index >= 15 is 0 Å². The summed E-state index contributed by atoms with van der Waals surface area (Å²) in [7, 11) is 1.30. The second-order valence-corrected chi connectivity index (χ2v) is 3.87. The van der Waals surface area contributed by atoms with Gasteiger partial charge in [0.05, 0.1) is 12.7 Å². The molecule has 0 aliphatic heterocycles. The minimum absolute atomic E-state index is 0.164. The Bertz CT molecular complexity index is 652. The number of hydrogen-bond acceptors (Lipinski definition) is 4. The molecule has 1 N–H and O–H groups in total. The van der Waals surface area contributed by atoms with Crippen molar-refractivity contribution in [3.63, 3.8) is 0 Å². The molecule has 0 spiro atoms. The molecule has 0 radical (unpaired) electrons. The smallest absolute Gasteiger partial charge is 0.337 e. The number of hydrogen-bond donors (Lipinski definition) is 1. The molecule has 2 rings (SSSR count). The number of aromatic amines is 1. The van der Waals surface area contributed by atoms with Gasteiger partial charge in [-0.25, -0.2) is 9.89 Å². The number of esters is 1.